The Kier molecular flexibility index (Phi) is 3.97. The zero-order chi connectivity index (χ0) is 12.3. The third-order valence-corrected chi connectivity index (χ3v) is 3.17. The van der Waals surface area contributed by atoms with Gasteiger partial charge in [0.1, 0.15) is 11.6 Å². The summed E-state index contributed by atoms with van der Waals surface area (Å²) in [6.45, 7) is 2.34. The minimum Gasteiger partial charge on any atom is -0.508 e. The second-order valence-corrected chi connectivity index (χ2v) is 4.66. The number of hydrogen-bond donors (Lipinski definition) is 2. The molecule has 0 aromatic heterocycles. The van der Waals surface area contributed by atoms with E-state index in [1.54, 1.807) is 0 Å². The van der Waals surface area contributed by atoms with Crippen molar-refractivity contribution in [2.75, 3.05) is 20.1 Å². The summed E-state index contributed by atoms with van der Waals surface area (Å²) in [4.78, 5) is 2.33. The van der Waals surface area contributed by atoms with Crippen LogP contribution in [0.1, 0.15) is 18.4 Å². The molecule has 0 bridgehead atoms. The highest BCUT2D eigenvalue weighted by Gasteiger charge is 2.25. The van der Waals surface area contributed by atoms with Gasteiger partial charge in [0.15, 0.2) is 0 Å². The van der Waals surface area contributed by atoms with E-state index in [1.807, 2.05) is 0 Å². The van der Waals surface area contributed by atoms with Crippen molar-refractivity contribution in [2.24, 2.45) is 0 Å². The molecule has 2 N–H and O–H groups in total. The summed E-state index contributed by atoms with van der Waals surface area (Å²) < 4.78 is 13.0. The van der Waals surface area contributed by atoms with Crippen molar-refractivity contribution in [1.29, 1.82) is 0 Å². The van der Waals surface area contributed by atoms with Crippen LogP contribution in [0.2, 0.25) is 0 Å². The Labute approximate surface area is 101 Å². The first-order valence-electron chi connectivity index (χ1n) is 6.05. The van der Waals surface area contributed by atoms with Crippen molar-refractivity contribution in [2.45, 2.75) is 25.4 Å². The molecule has 1 aromatic carbocycles. The molecule has 0 atom stereocenters. The molecule has 3 nitrogen and oxygen atoms in total. The van der Waals surface area contributed by atoms with Gasteiger partial charge in [-0.1, -0.05) is 0 Å². The zero-order valence-corrected chi connectivity index (χ0v) is 10.1. The second-order valence-electron chi connectivity index (χ2n) is 4.66. The third kappa shape index (κ3) is 3.68. The molecule has 94 valence electrons. The maximum atomic E-state index is 13.0. The third-order valence-electron chi connectivity index (χ3n) is 3.17. The van der Waals surface area contributed by atoms with Crippen LogP contribution in [0.4, 0.5) is 4.39 Å². The number of phenolic OH excluding ortho intramolecular Hbond substituents is 1. The van der Waals surface area contributed by atoms with Gasteiger partial charge in [0.05, 0.1) is 0 Å². The van der Waals surface area contributed by atoms with Crippen molar-refractivity contribution in [1.82, 2.24) is 10.2 Å². The first kappa shape index (κ1) is 12.3. The van der Waals surface area contributed by atoms with E-state index >= 15 is 0 Å². The highest BCUT2D eigenvalue weighted by molar-refractivity contribution is 5.32. The number of benzene rings is 1. The number of rotatable bonds is 6. The first-order valence-corrected chi connectivity index (χ1v) is 6.05. The normalized spacial score (nSPS) is 15.5. The highest BCUT2D eigenvalue weighted by atomic mass is 19.1. The number of nitrogens with one attached hydrogen (secondary N) is 1. The van der Waals surface area contributed by atoms with Crippen molar-refractivity contribution in [3.63, 3.8) is 0 Å². The Balaban J connectivity index is 1.71. The molecule has 1 aromatic rings. The van der Waals surface area contributed by atoms with E-state index in [4.69, 9.17) is 0 Å². The van der Waals surface area contributed by atoms with E-state index < -0.39 is 0 Å². The van der Waals surface area contributed by atoms with Crippen molar-refractivity contribution in [3.8, 4) is 5.75 Å². The molecule has 0 aliphatic heterocycles. The highest BCUT2D eigenvalue weighted by Crippen LogP contribution is 2.24. The van der Waals surface area contributed by atoms with Crippen LogP contribution in [0.5, 0.6) is 5.75 Å². The summed E-state index contributed by atoms with van der Waals surface area (Å²) in [6.07, 6.45) is 2.61. The molecule has 17 heavy (non-hydrogen) atoms. The topological polar surface area (TPSA) is 35.5 Å². The fraction of sp³-hybridized carbons (Fsp3) is 0.538. The van der Waals surface area contributed by atoms with E-state index in [0.717, 1.165) is 19.1 Å². The summed E-state index contributed by atoms with van der Waals surface area (Å²) in [5, 5.41) is 12.7. The number of halogens is 1. The predicted octanol–water partition coefficient (Wildman–Crippen LogP) is 1.72. The van der Waals surface area contributed by atoms with Crippen LogP contribution in [0.3, 0.4) is 0 Å². The Hall–Kier alpha value is -1.13. The largest absolute Gasteiger partial charge is 0.508 e. The van der Waals surface area contributed by atoms with E-state index in [0.29, 0.717) is 12.1 Å². The van der Waals surface area contributed by atoms with Gasteiger partial charge in [0.25, 0.3) is 0 Å². The van der Waals surface area contributed by atoms with Crippen LogP contribution in [-0.4, -0.2) is 36.2 Å². The molecule has 1 aliphatic rings. The monoisotopic (exact) mass is 238 g/mol. The van der Waals surface area contributed by atoms with Crippen LogP contribution >= 0.6 is 0 Å². The zero-order valence-electron chi connectivity index (χ0n) is 10.1. The lowest BCUT2D eigenvalue weighted by Crippen LogP contribution is -2.30. The lowest BCUT2D eigenvalue weighted by Gasteiger charge is -2.15. The molecule has 1 aliphatic carbocycles. The summed E-state index contributed by atoms with van der Waals surface area (Å²) in [5.74, 6) is -0.163. The van der Waals surface area contributed by atoms with E-state index in [2.05, 4.69) is 17.3 Å². The summed E-state index contributed by atoms with van der Waals surface area (Å²) in [5.41, 5.74) is 0.610. The molecule has 1 fully saturated rings. The summed E-state index contributed by atoms with van der Waals surface area (Å²) in [7, 11) is 2.12. The number of hydrogen-bond acceptors (Lipinski definition) is 3. The van der Waals surface area contributed by atoms with Crippen molar-refractivity contribution < 1.29 is 9.50 Å². The average Bonchev–Trinajstić information content (AvgIpc) is 3.12. The molecule has 0 unspecified atom stereocenters. The minimum atomic E-state index is -0.310. The average molecular weight is 238 g/mol. The van der Waals surface area contributed by atoms with Gasteiger partial charge >= 0.3 is 0 Å². The van der Waals surface area contributed by atoms with Crippen molar-refractivity contribution >= 4 is 0 Å². The van der Waals surface area contributed by atoms with Crippen LogP contribution in [-0.2, 0) is 6.54 Å². The molecule has 2 rings (SSSR count). The summed E-state index contributed by atoms with van der Waals surface area (Å²) >= 11 is 0. The number of likely N-dealkylation sites (N-methyl/N-ethyl adjacent to an activating group) is 1. The smallest absolute Gasteiger partial charge is 0.123 e. The van der Waals surface area contributed by atoms with E-state index in [9.17, 15) is 9.50 Å². The quantitative estimate of drug-likeness (QED) is 0.741. The van der Waals surface area contributed by atoms with Gasteiger partial charge in [-0.2, -0.15) is 0 Å². The van der Waals surface area contributed by atoms with Gasteiger partial charge < -0.3 is 15.3 Å². The fourth-order valence-electron chi connectivity index (χ4n) is 1.87. The summed E-state index contributed by atoms with van der Waals surface area (Å²) in [6, 6.07) is 4.79. The maximum absolute atomic E-state index is 13.0. The number of nitrogens with zero attached hydrogens (tertiary/aromatic N) is 1. The number of phenols is 1. The molecule has 0 radical (unpaired) electrons. The van der Waals surface area contributed by atoms with Gasteiger partial charge in [-0.3, -0.25) is 0 Å². The standard InChI is InChI=1S/C13H19FN2O/c1-16(12-3-4-12)7-6-15-9-10-8-11(14)2-5-13(10)17/h2,5,8,12,15,17H,3-4,6-7,9H2,1H3. The Bertz CT molecular complexity index is 380. The number of aromatic hydroxyl groups is 1. The maximum Gasteiger partial charge on any atom is 0.123 e. The Morgan fingerprint density at radius 1 is 1.47 bits per heavy atom. The van der Waals surface area contributed by atoms with Gasteiger partial charge in [-0.25, -0.2) is 4.39 Å². The fourth-order valence-corrected chi connectivity index (χ4v) is 1.87. The lowest BCUT2D eigenvalue weighted by molar-refractivity contribution is 0.321. The SMILES string of the molecule is CN(CCNCc1cc(F)ccc1O)C1CC1. The van der Waals surface area contributed by atoms with Gasteiger partial charge in [0.2, 0.25) is 0 Å². The van der Waals surface area contributed by atoms with Crippen LogP contribution in [0.25, 0.3) is 0 Å². The predicted molar refractivity (Wildman–Crippen MR) is 65.4 cm³/mol. The Morgan fingerprint density at radius 2 is 2.24 bits per heavy atom. The second kappa shape index (κ2) is 5.47. The van der Waals surface area contributed by atoms with E-state index in [1.165, 1.54) is 31.0 Å². The molecule has 0 spiro atoms. The van der Waals surface area contributed by atoms with E-state index in [-0.39, 0.29) is 11.6 Å². The van der Waals surface area contributed by atoms with Gasteiger partial charge in [-0.15, -0.1) is 0 Å². The molecule has 0 amide bonds. The molecule has 0 heterocycles. The Morgan fingerprint density at radius 3 is 2.94 bits per heavy atom. The van der Waals surface area contributed by atoms with Gasteiger partial charge in [0, 0.05) is 31.2 Å². The van der Waals surface area contributed by atoms with Crippen LogP contribution in [0.15, 0.2) is 18.2 Å². The molecule has 0 saturated heterocycles. The minimum absolute atomic E-state index is 0.148. The van der Waals surface area contributed by atoms with Crippen molar-refractivity contribution in [3.05, 3.63) is 29.6 Å². The molecular weight excluding hydrogens is 219 g/mol. The van der Waals surface area contributed by atoms with Gasteiger partial charge in [-0.05, 0) is 38.1 Å². The first-order chi connectivity index (χ1) is 8.16. The van der Waals surface area contributed by atoms with Crippen LogP contribution < -0.4 is 5.32 Å². The molecule has 1 saturated carbocycles. The molecule has 4 heteroatoms. The van der Waals surface area contributed by atoms with Crippen LogP contribution in [0, 0.1) is 5.82 Å². The molecular formula is C13H19FN2O. The lowest BCUT2D eigenvalue weighted by atomic mass is 10.2.